The van der Waals surface area contributed by atoms with Gasteiger partial charge in [-0.05, 0) is 51.3 Å². The summed E-state index contributed by atoms with van der Waals surface area (Å²) in [5.74, 6) is 0.524. The third-order valence-electron chi connectivity index (χ3n) is 3.00. The maximum Gasteiger partial charge on any atom is 0.412 e. The SMILES string of the molecule is CC(C)(C)OC(=O)Nc1ccc(C2C=CCC2)cc1. The van der Waals surface area contributed by atoms with Crippen LogP contribution in [-0.4, -0.2) is 11.7 Å². The monoisotopic (exact) mass is 259 g/mol. The van der Waals surface area contributed by atoms with Crippen molar-refractivity contribution in [2.75, 3.05) is 5.32 Å². The summed E-state index contributed by atoms with van der Waals surface area (Å²) in [5, 5.41) is 2.74. The summed E-state index contributed by atoms with van der Waals surface area (Å²) < 4.78 is 5.21. The predicted octanol–water partition coefficient (Wildman–Crippen LogP) is 4.47. The molecule has 0 radical (unpaired) electrons. The molecule has 1 aliphatic carbocycles. The van der Waals surface area contributed by atoms with Crippen molar-refractivity contribution in [1.82, 2.24) is 0 Å². The summed E-state index contributed by atoms with van der Waals surface area (Å²) in [6.07, 6.45) is 6.39. The van der Waals surface area contributed by atoms with Crippen LogP contribution in [-0.2, 0) is 4.74 Å². The lowest BCUT2D eigenvalue weighted by Gasteiger charge is -2.19. The molecule has 1 atom stereocenters. The Hall–Kier alpha value is -1.77. The minimum absolute atomic E-state index is 0.416. The van der Waals surface area contributed by atoms with Crippen molar-refractivity contribution in [3.05, 3.63) is 42.0 Å². The number of hydrogen-bond donors (Lipinski definition) is 1. The molecule has 19 heavy (non-hydrogen) atoms. The van der Waals surface area contributed by atoms with Crippen LogP contribution in [0.1, 0.15) is 45.1 Å². The van der Waals surface area contributed by atoms with Gasteiger partial charge in [0.05, 0.1) is 0 Å². The van der Waals surface area contributed by atoms with E-state index in [2.05, 4.69) is 29.6 Å². The van der Waals surface area contributed by atoms with Crippen molar-refractivity contribution in [3.63, 3.8) is 0 Å². The number of carbonyl (C=O) groups is 1. The first-order valence-electron chi connectivity index (χ1n) is 6.71. The second-order valence-corrected chi connectivity index (χ2v) is 5.86. The summed E-state index contributed by atoms with van der Waals surface area (Å²) in [6.45, 7) is 5.55. The molecule has 1 aromatic rings. The van der Waals surface area contributed by atoms with E-state index in [1.54, 1.807) is 0 Å². The Morgan fingerprint density at radius 1 is 1.26 bits per heavy atom. The first-order chi connectivity index (χ1) is 8.94. The Labute approximate surface area is 114 Å². The number of nitrogens with one attached hydrogen (secondary N) is 1. The van der Waals surface area contributed by atoms with E-state index >= 15 is 0 Å². The lowest BCUT2D eigenvalue weighted by molar-refractivity contribution is 0.0636. The van der Waals surface area contributed by atoms with Gasteiger partial charge in [0.2, 0.25) is 0 Å². The fourth-order valence-electron chi connectivity index (χ4n) is 2.15. The van der Waals surface area contributed by atoms with Crippen molar-refractivity contribution in [3.8, 4) is 0 Å². The smallest absolute Gasteiger partial charge is 0.412 e. The van der Waals surface area contributed by atoms with Crippen LogP contribution in [0.3, 0.4) is 0 Å². The first kappa shape index (κ1) is 13.7. The third kappa shape index (κ3) is 4.12. The Morgan fingerprint density at radius 2 is 1.95 bits per heavy atom. The van der Waals surface area contributed by atoms with E-state index in [0.29, 0.717) is 5.92 Å². The van der Waals surface area contributed by atoms with Crippen LogP contribution >= 0.6 is 0 Å². The van der Waals surface area contributed by atoms with Gasteiger partial charge in [0, 0.05) is 11.6 Å². The molecule has 1 amide bonds. The Morgan fingerprint density at radius 3 is 2.47 bits per heavy atom. The summed E-state index contributed by atoms with van der Waals surface area (Å²) >= 11 is 0. The number of carbonyl (C=O) groups excluding carboxylic acids is 1. The molecule has 3 nitrogen and oxygen atoms in total. The van der Waals surface area contributed by atoms with Crippen LogP contribution in [0.4, 0.5) is 10.5 Å². The van der Waals surface area contributed by atoms with Crippen LogP contribution in [0, 0.1) is 0 Å². The quantitative estimate of drug-likeness (QED) is 0.796. The van der Waals surface area contributed by atoms with Crippen molar-refractivity contribution in [2.45, 2.75) is 45.1 Å². The van der Waals surface area contributed by atoms with Crippen molar-refractivity contribution >= 4 is 11.8 Å². The number of amides is 1. The maximum atomic E-state index is 11.6. The van der Waals surface area contributed by atoms with Gasteiger partial charge < -0.3 is 4.74 Å². The molecule has 0 heterocycles. The summed E-state index contributed by atoms with van der Waals surface area (Å²) in [7, 11) is 0. The number of ether oxygens (including phenoxy) is 1. The number of rotatable bonds is 2. The predicted molar refractivity (Wildman–Crippen MR) is 77.4 cm³/mol. The van der Waals surface area contributed by atoms with E-state index in [9.17, 15) is 4.79 Å². The molecular weight excluding hydrogens is 238 g/mol. The molecule has 0 bridgehead atoms. The minimum Gasteiger partial charge on any atom is -0.444 e. The molecule has 0 aromatic heterocycles. The van der Waals surface area contributed by atoms with E-state index in [0.717, 1.165) is 12.1 Å². The lowest BCUT2D eigenvalue weighted by Crippen LogP contribution is -2.27. The van der Waals surface area contributed by atoms with Gasteiger partial charge in [-0.1, -0.05) is 24.3 Å². The Kier molecular flexibility index (Phi) is 3.93. The molecule has 102 valence electrons. The minimum atomic E-state index is -0.474. The molecule has 0 spiro atoms. The van der Waals surface area contributed by atoms with E-state index < -0.39 is 11.7 Å². The molecule has 0 saturated heterocycles. The Bertz CT molecular complexity index is 469. The zero-order valence-corrected chi connectivity index (χ0v) is 11.8. The van der Waals surface area contributed by atoms with Crippen LogP contribution in [0.2, 0.25) is 0 Å². The zero-order chi connectivity index (χ0) is 13.9. The third-order valence-corrected chi connectivity index (χ3v) is 3.00. The highest BCUT2D eigenvalue weighted by molar-refractivity contribution is 5.84. The molecule has 0 aliphatic heterocycles. The molecule has 2 rings (SSSR count). The fraction of sp³-hybridized carbons (Fsp3) is 0.438. The lowest BCUT2D eigenvalue weighted by atomic mass is 9.99. The highest BCUT2D eigenvalue weighted by Gasteiger charge is 2.16. The van der Waals surface area contributed by atoms with Crippen LogP contribution < -0.4 is 5.32 Å². The van der Waals surface area contributed by atoms with E-state index in [1.807, 2.05) is 32.9 Å². The molecule has 1 N–H and O–H groups in total. The normalized spacial score (nSPS) is 18.4. The standard InChI is InChI=1S/C16H21NO2/c1-16(2,3)19-15(18)17-14-10-8-13(9-11-14)12-6-4-5-7-12/h4,6,8-12H,5,7H2,1-3H3,(H,17,18). The molecular formula is C16H21NO2. The topological polar surface area (TPSA) is 38.3 Å². The van der Waals surface area contributed by atoms with E-state index in [-0.39, 0.29) is 0 Å². The molecule has 1 aromatic carbocycles. The second-order valence-electron chi connectivity index (χ2n) is 5.86. The van der Waals surface area contributed by atoms with Crippen molar-refractivity contribution in [2.24, 2.45) is 0 Å². The van der Waals surface area contributed by atoms with Crippen LogP contribution in [0.25, 0.3) is 0 Å². The van der Waals surface area contributed by atoms with Crippen molar-refractivity contribution in [1.29, 1.82) is 0 Å². The van der Waals surface area contributed by atoms with Gasteiger partial charge in [-0.25, -0.2) is 4.79 Å². The molecule has 0 fully saturated rings. The Balaban J connectivity index is 1.95. The molecule has 1 unspecified atom stereocenters. The number of hydrogen-bond acceptors (Lipinski definition) is 2. The van der Waals surface area contributed by atoms with Gasteiger partial charge in [-0.15, -0.1) is 0 Å². The molecule has 0 saturated carbocycles. The second kappa shape index (κ2) is 5.47. The van der Waals surface area contributed by atoms with E-state index in [4.69, 9.17) is 4.74 Å². The van der Waals surface area contributed by atoms with Gasteiger partial charge >= 0.3 is 6.09 Å². The van der Waals surface area contributed by atoms with Crippen LogP contribution in [0.5, 0.6) is 0 Å². The molecule has 1 aliphatic rings. The summed E-state index contributed by atoms with van der Waals surface area (Å²) in [6, 6.07) is 7.97. The average molecular weight is 259 g/mol. The molecule has 3 heteroatoms. The fourth-order valence-corrected chi connectivity index (χ4v) is 2.15. The van der Waals surface area contributed by atoms with Gasteiger partial charge in [0.1, 0.15) is 5.60 Å². The zero-order valence-electron chi connectivity index (χ0n) is 11.8. The number of allylic oxidation sites excluding steroid dienone is 2. The van der Waals surface area contributed by atoms with Gasteiger partial charge in [-0.3, -0.25) is 5.32 Å². The van der Waals surface area contributed by atoms with Crippen molar-refractivity contribution < 1.29 is 9.53 Å². The maximum absolute atomic E-state index is 11.6. The van der Waals surface area contributed by atoms with Crippen LogP contribution in [0.15, 0.2) is 36.4 Å². The van der Waals surface area contributed by atoms with Gasteiger partial charge in [-0.2, -0.15) is 0 Å². The average Bonchev–Trinajstić information content (AvgIpc) is 2.80. The summed E-state index contributed by atoms with van der Waals surface area (Å²) in [5.41, 5.74) is 1.59. The largest absolute Gasteiger partial charge is 0.444 e. The highest BCUT2D eigenvalue weighted by Crippen LogP contribution is 2.28. The van der Waals surface area contributed by atoms with Gasteiger partial charge in [0.15, 0.2) is 0 Å². The summed E-state index contributed by atoms with van der Waals surface area (Å²) in [4.78, 5) is 11.6. The first-order valence-corrected chi connectivity index (χ1v) is 6.71. The van der Waals surface area contributed by atoms with E-state index in [1.165, 1.54) is 12.0 Å². The number of benzene rings is 1. The van der Waals surface area contributed by atoms with Gasteiger partial charge in [0.25, 0.3) is 0 Å². The highest BCUT2D eigenvalue weighted by atomic mass is 16.6. The number of anilines is 1.